The van der Waals surface area contributed by atoms with Crippen molar-refractivity contribution in [3.63, 3.8) is 0 Å². The second kappa shape index (κ2) is 5.64. The average molecular weight is 384 g/mol. The van der Waals surface area contributed by atoms with Gasteiger partial charge in [0.2, 0.25) is 0 Å². The van der Waals surface area contributed by atoms with Crippen molar-refractivity contribution in [2.24, 2.45) is 0 Å². The van der Waals surface area contributed by atoms with E-state index >= 15 is 0 Å². The molecule has 0 aromatic heterocycles. The molecule has 0 bridgehead atoms. The molecule has 2 aliphatic carbocycles. The third-order valence-electron chi connectivity index (χ3n) is 4.87. The summed E-state index contributed by atoms with van der Waals surface area (Å²) in [7, 11) is 0. The highest BCUT2D eigenvalue weighted by atomic mass is 16.6. The van der Waals surface area contributed by atoms with Gasteiger partial charge in [0.15, 0.2) is 0 Å². The van der Waals surface area contributed by atoms with Gasteiger partial charge in [0.25, 0.3) is 0 Å². The molecule has 2 aromatic carbocycles. The van der Waals surface area contributed by atoms with Gasteiger partial charge in [0, 0.05) is 21.9 Å². The summed E-state index contributed by atoms with van der Waals surface area (Å²) >= 11 is 0. The van der Waals surface area contributed by atoms with E-state index in [2.05, 4.69) is 0 Å². The topological polar surface area (TPSA) is 173 Å². The Morgan fingerprint density at radius 1 is 0.571 bits per heavy atom. The maximum atomic E-state index is 11.7. The Morgan fingerprint density at radius 2 is 0.893 bits per heavy atom. The molecule has 0 heterocycles. The lowest BCUT2D eigenvalue weighted by Crippen LogP contribution is -2.12. The van der Waals surface area contributed by atoms with Gasteiger partial charge in [-0.25, -0.2) is 0 Å². The molecule has 0 radical (unpaired) electrons. The zero-order chi connectivity index (χ0) is 20.3. The normalized spacial score (nSPS) is 13.6. The second-order valence-electron chi connectivity index (χ2n) is 6.17. The van der Waals surface area contributed by atoms with E-state index in [1.54, 1.807) is 0 Å². The first-order chi connectivity index (χ1) is 13.3. The van der Waals surface area contributed by atoms with Crippen LogP contribution in [-0.2, 0) is 12.8 Å². The lowest BCUT2D eigenvalue weighted by molar-refractivity contribution is -0.423. The van der Waals surface area contributed by atoms with Crippen LogP contribution in [0, 0.1) is 40.5 Å². The monoisotopic (exact) mass is 384 g/mol. The number of allylic oxidation sites excluding steroid dienone is 2. The summed E-state index contributed by atoms with van der Waals surface area (Å²) < 4.78 is 0. The Balaban J connectivity index is 2.41. The van der Waals surface area contributed by atoms with Gasteiger partial charge in [0.1, 0.15) is 0 Å². The van der Waals surface area contributed by atoms with Crippen LogP contribution in [0.15, 0.2) is 12.2 Å². The van der Waals surface area contributed by atoms with Crippen LogP contribution in [0.2, 0.25) is 0 Å². The Hall–Kier alpha value is -4.22. The van der Waals surface area contributed by atoms with Crippen molar-refractivity contribution in [3.05, 3.63) is 74.9 Å². The molecule has 140 valence electrons. The molecule has 0 unspecified atom stereocenters. The third kappa shape index (κ3) is 2.05. The van der Waals surface area contributed by atoms with Gasteiger partial charge < -0.3 is 0 Å². The highest BCUT2D eigenvalue weighted by Crippen LogP contribution is 2.52. The third-order valence-corrected chi connectivity index (χ3v) is 4.87. The number of rotatable bonds is 4. The molecule has 0 atom stereocenters. The van der Waals surface area contributed by atoms with E-state index in [1.165, 1.54) is 24.3 Å². The minimum atomic E-state index is -0.895. The number of nitro groups is 4. The molecule has 0 aliphatic heterocycles. The Bertz CT molecular complexity index is 1130. The molecule has 0 saturated carbocycles. The van der Waals surface area contributed by atoms with E-state index < -0.39 is 42.4 Å². The van der Waals surface area contributed by atoms with Crippen LogP contribution in [0.1, 0.15) is 22.3 Å². The van der Waals surface area contributed by atoms with Crippen LogP contribution in [-0.4, -0.2) is 19.7 Å². The molecule has 2 aliphatic rings. The molecule has 4 rings (SSSR count). The van der Waals surface area contributed by atoms with E-state index in [-0.39, 0.29) is 45.9 Å². The molecule has 0 N–H and O–H groups in total. The van der Waals surface area contributed by atoms with Crippen molar-refractivity contribution in [1.82, 2.24) is 0 Å². The Morgan fingerprint density at radius 3 is 1.18 bits per heavy atom. The largest absolute Gasteiger partial charge is 0.354 e. The zero-order valence-corrected chi connectivity index (χ0v) is 13.8. The summed E-state index contributed by atoms with van der Waals surface area (Å²) in [6.45, 7) is 0. The van der Waals surface area contributed by atoms with Crippen molar-refractivity contribution in [1.29, 1.82) is 0 Å². The van der Waals surface area contributed by atoms with Crippen LogP contribution in [0.3, 0.4) is 0 Å². The van der Waals surface area contributed by atoms with Gasteiger partial charge in [-0.2, -0.15) is 0 Å². The average Bonchev–Trinajstić information content (AvgIpc) is 2.63. The standard InChI is InChI=1S/C16H8N4O8/c21-17(22)13-7-3-1-4-8-11(7)12-9(15(13)19(25)26)5-2-6-10(12)16(20(27)28)14(8)18(23)24/h1-3,6H,4-5H2. The van der Waals surface area contributed by atoms with Gasteiger partial charge in [-0.15, -0.1) is 0 Å². The molecule has 0 amide bonds. The minimum Gasteiger partial charge on any atom is -0.258 e. The van der Waals surface area contributed by atoms with Crippen LogP contribution >= 0.6 is 0 Å². The van der Waals surface area contributed by atoms with E-state index in [0.717, 1.165) is 0 Å². The predicted octanol–water partition coefficient (Wildman–Crippen LogP) is 3.61. The number of nitro benzene ring substituents is 4. The summed E-state index contributed by atoms with van der Waals surface area (Å²) in [5.74, 6) is 0. The number of benzene rings is 2. The van der Waals surface area contributed by atoms with Crippen molar-refractivity contribution in [3.8, 4) is 0 Å². The van der Waals surface area contributed by atoms with Gasteiger partial charge in [-0.3, -0.25) is 40.5 Å². The SMILES string of the molecule is O=[N+]([O-])c1c([N+](=O)[O-])c2c3c(c([N+](=O)[O-])c([N+](=O)[O-])c4c3c1C=CC4)C=CC2. The van der Waals surface area contributed by atoms with E-state index in [4.69, 9.17) is 0 Å². The zero-order valence-electron chi connectivity index (χ0n) is 13.8. The van der Waals surface area contributed by atoms with Crippen molar-refractivity contribution < 1.29 is 19.7 Å². The highest BCUT2D eigenvalue weighted by Gasteiger charge is 2.43. The van der Waals surface area contributed by atoms with Crippen LogP contribution in [0.5, 0.6) is 0 Å². The molecule has 2 aromatic rings. The lowest BCUT2D eigenvalue weighted by atomic mass is 9.81. The van der Waals surface area contributed by atoms with E-state index in [0.29, 0.717) is 0 Å². The first kappa shape index (κ1) is 17.2. The lowest BCUT2D eigenvalue weighted by Gasteiger charge is -2.20. The van der Waals surface area contributed by atoms with Crippen molar-refractivity contribution >= 4 is 45.7 Å². The number of nitrogens with zero attached hydrogens (tertiary/aromatic N) is 4. The minimum absolute atomic E-state index is 0.0532. The summed E-state index contributed by atoms with van der Waals surface area (Å²) in [5, 5.41) is 46.8. The molecule has 12 heteroatoms. The van der Waals surface area contributed by atoms with Gasteiger partial charge in [0.05, 0.1) is 30.8 Å². The molecule has 28 heavy (non-hydrogen) atoms. The molecule has 0 fully saturated rings. The maximum Gasteiger partial charge on any atom is 0.354 e. The predicted molar refractivity (Wildman–Crippen MR) is 96.0 cm³/mol. The Labute approximate surface area is 154 Å². The number of hydrogen-bond acceptors (Lipinski definition) is 8. The van der Waals surface area contributed by atoms with Gasteiger partial charge in [-0.05, 0) is 12.8 Å². The van der Waals surface area contributed by atoms with Crippen molar-refractivity contribution in [2.75, 3.05) is 0 Å². The summed E-state index contributed by atoms with van der Waals surface area (Å²) in [6.07, 6.45) is 5.22. The number of hydrogen-bond donors (Lipinski definition) is 0. The molecule has 12 nitrogen and oxygen atoms in total. The van der Waals surface area contributed by atoms with Gasteiger partial charge >= 0.3 is 22.7 Å². The summed E-state index contributed by atoms with van der Waals surface area (Å²) in [5.41, 5.74) is -3.44. The molecule has 0 saturated heterocycles. The first-order valence-corrected chi connectivity index (χ1v) is 7.87. The fourth-order valence-electron chi connectivity index (χ4n) is 3.99. The summed E-state index contributed by atoms with van der Waals surface area (Å²) in [4.78, 5) is 43.1. The smallest absolute Gasteiger partial charge is 0.258 e. The Kier molecular flexibility index (Phi) is 3.46. The van der Waals surface area contributed by atoms with Gasteiger partial charge in [-0.1, -0.05) is 24.3 Å². The molecule has 0 spiro atoms. The highest BCUT2D eigenvalue weighted by molar-refractivity contribution is 6.12. The first-order valence-electron chi connectivity index (χ1n) is 7.87. The summed E-state index contributed by atoms with van der Waals surface area (Å²) in [6, 6.07) is 0. The van der Waals surface area contributed by atoms with Crippen LogP contribution in [0.25, 0.3) is 22.9 Å². The maximum absolute atomic E-state index is 11.7. The molecular weight excluding hydrogens is 376 g/mol. The quantitative estimate of drug-likeness (QED) is 0.567. The van der Waals surface area contributed by atoms with Crippen LogP contribution in [0.4, 0.5) is 22.7 Å². The fourth-order valence-corrected chi connectivity index (χ4v) is 3.99. The van der Waals surface area contributed by atoms with E-state index in [9.17, 15) is 40.5 Å². The van der Waals surface area contributed by atoms with Crippen LogP contribution < -0.4 is 0 Å². The molecular formula is C16H8N4O8. The van der Waals surface area contributed by atoms with Crippen molar-refractivity contribution in [2.45, 2.75) is 12.8 Å². The second-order valence-corrected chi connectivity index (χ2v) is 6.17. The van der Waals surface area contributed by atoms with E-state index in [1.807, 2.05) is 0 Å². The fraction of sp³-hybridized carbons (Fsp3) is 0.125.